The first-order valence-corrected chi connectivity index (χ1v) is 11.8. The minimum atomic E-state index is 0. The Balaban J connectivity index is 0.00000363. The summed E-state index contributed by atoms with van der Waals surface area (Å²) in [4.78, 5) is 23.2. The van der Waals surface area contributed by atoms with Crippen molar-refractivity contribution < 1.29 is 4.79 Å². The Morgan fingerprint density at radius 1 is 1.03 bits per heavy atom. The van der Waals surface area contributed by atoms with Crippen LogP contribution in [-0.4, -0.2) is 92.5 Å². The molecule has 1 aromatic rings. The van der Waals surface area contributed by atoms with Gasteiger partial charge in [-0.1, -0.05) is 36.8 Å². The van der Waals surface area contributed by atoms with Gasteiger partial charge >= 0.3 is 0 Å². The van der Waals surface area contributed by atoms with Gasteiger partial charge in [0.2, 0.25) is 5.91 Å². The molecule has 0 aliphatic carbocycles. The molecule has 2 saturated heterocycles. The molecule has 0 saturated carbocycles. The van der Waals surface area contributed by atoms with E-state index in [0.29, 0.717) is 6.04 Å². The number of carbonyl (C=O) groups is 1. The zero-order chi connectivity index (χ0) is 21.9. The third-order valence-electron chi connectivity index (χ3n) is 6.22. The van der Waals surface area contributed by atoms with E-state index in [1.165, 1.54) is 37.9 Å². The summed E-state index contributed by atoms with van der Waals surface area (Å²) < 4.78 is 0. The molecule has 1 aromatic carbocycles. The van der Waals surface area contributed by atoms with E-state index in [0.717, 1.165) is 51.5 Å². The number of nitrogens with zero attached hydrogens (tertiary/aromatic N) is 4. The standard InChI is InChI=1S/C24H40N6O.HI/c1-28(2)23(31)19-26-24(25-13-18-29-14-7-4-8-15-29)27-22-11-16-30(17-12-22)20-21-9-5-3-6-10-21;/h3,5-6,9-10,22H,4,7-8,11-20H2,1-2H3,(H2,25,26,27);1H. The number of benzene rings is 1. The lowest BCUT2D eigenvalue weighted by Gasteiger charge is -2.33. The van der Waals surface area contributed by atoms with Gasteiger partial charge in [0.25, 0.3) is 0 Å². The Morgan fingerprint density at radius 2 is 1.72 bits per heavy atom. The van der Waals surface area contributed by atoms with E-state index >= 15 is 0 Å². The van der Waals surface area contributed by atoms with Crippen molar-refractivity contribution in [1.29, 1.82) is 0 Å². The zero-order valence-electron chi connectivity index (χ0n) is 19.8. The summed E-state index contributed by atoms with van der Waals surface area (Å²) in [5, 5.41) is 7.07. The van der Waals surface area contributed by atoms with Crippen molar-refractivity contribution in [3.8, 4) is 0 Å². The molecule has 2 aliphatic heterocycles. The van der Waals surface area contributed by atoms with Gasteiger partial charge < -0.3 is 20.4 Å². The predicted octanol–water partition coefficient (Wildman–Crippen LogP) is 2.38. The van der Waals surface area contributed by atoms with Gasteiger partial charge in [0.05, 0.1) is 0 Å². The predicted molar refractivity (Wildman–Crippen MR) is 143 cm³/mol. The highest BCUT2D eigenvalue weighted by molar-refractivity contribution is 14.0. The van der Waals surface area contributed by atoms with Crippen LogP contribution in [0.15, 0.2) is 35.3 Å². The van der Waals surface area contributed by atoms with Gasteiger partial charge in [0.15, 0.2) is 5.96 Å². The molecule has 180 valence electrons. The molecule has 2 aliphatic rings. The van der Waals surface area contributed by atoms with E-state index in [9.17, 15) is 4.79 Å². The first kappa shape index (κ1) is 26.9. The lowest BCUT2D eigenvalue weighted by atomic mass is 10.0. The van der Waals surface area contributed by atoms with Crippen molar-refractivity contribution >= 4 is 35.8 Å². The van der Waals surface area contributed by atoms with Crippen LogP contribution < -0.4 is 10.6 Å². The van der Waals surface area contributed by atoms with Crippen molar-refractivity contribution in [3.05, 3.63) is 35.9 Å². The molecule has 0 radical (unpaired) electrons. The fourth-order valence-electron chi connectivity index (χ4n) is 4.23. The van der Waals surface area contributed by atoms with Crippen LogP contribution in [0.3, 0.4) is 0 Å². The maximum absolute atomic E-state index is 12.0. The number of guanidine groups is 1. The van der Waals surface area contributed by atoms with Crippen molar-refractivity contribution in [3.63, 3.8) is 0 Å². The zero-order valence-corrected chi connectivity index (χ0v) is 22.1. The molecule has 32 heavy (non-hydrogen) atoms. The third-order valence-corrected chi connectivity index (χ3v) is 6.22. The highest BCUT2D eigenvalue weighted by Gasteiger charge is 2.20. The number of hydrogen-bond donors (Lipinski definition) is 2. The van der Waals surface area contributed by atoms with Gasteiger partial charge in [-0.25, -0.2) is 4.99 Å². The molecular formula is C24H41IN6O. The average Bonchev–Trinajstić information content (AvgIpc) is 2.79. The molecule has 2 N–H and O–H groups in total. The number of hydrogen-bond acceptors (Lipinski definition) is 4. The van der Waals surface area contributed by atoms with Crippen LogP contribution in [-0.2, 0) is 11.3 Å². The van der Waals surface area contributed by atoms with Gasteiger partial charge in [0.1, 0.15) is 6.54 Å². The highest BCUT2D eigenvalue weighted by Crippen LogP contribution is 2.14. The Kier molecular flexibility index (Phi) is 12.3. The second-order valence-corrected chi connectivity index (χ2v) is 8.96. The Bertz CT molecular complexity index is 685. The van der Waals surface area contributed by atoms with E-state index in [-0.39, 0.29) is 36.4 Å². The summed E-state index contributed by atoms with van der Waals surface area (Å²) in [6.45, 7) is 7.61. The maximum atomic E-state index is 12.0. The third kappa shape index (κ3) is 9.62. The molecule has 3 rings (SSSR count). The second-order valence-electron chi connectivity index (χ2n) is 8.96. The lowest BCUT2D eigenvalue weighted by molar-refractivity contribution is -0.127. The van der Waals surface area contributed by atoms with Crippen molar-refractivity contribution in [2.24, 2.45) is 4.99 Å². The lowest BCUT2D eigenvalue weighted by Crippen LogP contribution is -2.50. The summed E-state index contributed by atoms with van der Waals surface area (Å²) in [7, 11) is 3.55. The summed E-state index contributed by atoms with van der Waals surface area (Å²) in [6.07, 6.45) is 6.13. The van der Waals surface area contributed by atoms with Gasteiger partial charge in [-0.3, -0.25) is 9.69 Å². The summed E-state index contributed by atoms with van der Waals surface area (Å²) in [6, 6.07) is 11.1. The molecule has 0 atom stereocenters. The van der Waals surface area contributed by atoms with Crippen molar-refractivity contribution in [1.82, 2.24) is 25.3 Å². The fraction of sp³-hybridized carbons (Fsp3) is 0.667. The molecule has 0 aromatic heterocycles. The number of nitrogens with one attached hydrogen (secondary N) is 2. The monoisotopic (exact) mass is 556 g/mol. The van der Waals surface area contributed by atoms with Gasteiger partial charge in [-0.05, 0) is 44.3 Å². The molecule has 2 fully saturated rings. The van der Waals surface area contributed by atoms with E-state index < -0.39 is 0 Å². The van der Waals surface area contributed by atoms with Crippen LogP contribution in [0.25, 0.3) is 0 Å². The van der Waals surface area contributed by atoms with Crippen LogP contribution in [0.4, 0.5) is 0 Å². The van der Waals surface area contributed by atoms with Crippen LogP contribution in [0, 0.1) is 0 Å². The summed E-state index contributed by atoms with van der Waals surface area (Å²) in [5.74, 6) is 0.795. The molecule has 0 unspecified atom stereocenters. The van der Waals surface area contributed by atoms with Crippen LogP contribution in [0.5, 0.6) is 0 Å². The summed E-state index contributed by atoms with van der Waals surface area (Å²) >= 11 is 0. The molecule has 8 heteroatoms. The average molecular weight is 557 g/mol. The second kappa shape index (κ2) is 14.7. The Hall–Kier alpha value is -1.39. The van der Waals surface area contributed by atoms with Gasteiger partial charge in [0, 0.05) is 52.9 Å². The molecule has 0 bridgehead atoms. The van der Waals surface area contributed by atoms with Crippen LogP contribution in [0.2, 0.25) is 0 Å². The minimum absolute atomic E-state index is 0. The molecular weight excluding hydrogens is 515 g/mol. The van der Waals surface area contributed by atoms with E-state index in [2.05, 4.69) is 55.8 Å². The number of halogens is 1. The summed E-state index contributed by atoms with van der Waals surface area (Å²) in [5.41, 5.74) is 1.37. The smallest absolute Gasteiger partial charge is 0.243 e. The topological polar surface area (TPSA) is 63.2 Å². The van der Waals surface area contributed by atoms with E-state index in [4.69, 9.17) is 0 Å². The van der Waals surface area contributed by atoms with Crippen molar-refractivity contribution in [2.75, 3.05) is 59.9 Å². The molecule has 7 nitrogen and oxygen atoms in total. The van der Waals surface area contributed by atoms with E-state index in [1.807, 2.05) is 0 Å². The highest BCUT2D eigenvalue weighted by atomic mass is 127. The number of likely N-dealkylation sites (N-methyl/N-ethyl adjacent to an activating group) is 1. The first-order valence-electron chi connectivity index (χ1n) is 11.8. The minimum Gasteiger partial charge on any atom is -0.355 e. The number of carbonyl (C=O) groups excluding carboxylic acids is 1. The number of rotatable bonds is 8. The largest absolute Gasteiger partial charge is 0.355 e. The molecule has 0 spiro atoms. The number of likely N-dealkylation sites (tertiary alicyclic amines) is 2. The molecule has 2 heterocycles. The van der Waals surface area contributed by atoms with E-state index in [1.54, 1.807) is 19.0 Å². The number of aliphatic imine (C=N–C) groups is 1. The number of piperidine rings is 2. The number of amides is 1. The first-order chi connectivity index (χ1) is 15.1. The fourth-order valence-corrected chi connectivity index (χ4v) is 4.23. The Labute approximate surface area is 211 Å². The Morgan fingerprint density at radius 3 is 2.38 bits per heavy atom. The SMILES string of the molecule is CN(C)C(=O)CN=C(NCCN1CCCCC1)NC1CCN(Cc2ccccc2)CC1.I. The van der Waals surface area contributed by atoms with Gasteiger partial charge in [-0.15, -0.1) is 24.0 Å². The van der Waals surface area contributed by atoms with Crippen LogP contribution in [0.1, 0.15) is 37.7 Å². The van der Waals surface area contributed by atoms with Gasteiger partial charge in [-0.2, -0.15) is 0 Å². The van der Waals surface area contributed by atoms with Crippen molar-refractivity contribution in [2.45, 2.75) is 44.7 Å². The normalized spacial score (nSPS) is 18.6. The maximum Gasteiger partial charge on any atom is 0.243 e. The quantitative estimate of drug-likeness (QED) is 0.293. The molecule has 1 amide bonds. The van der Waals surface area contributed by atoms with Crippen LogP contribution >= 0.6 is 24.0 Å².